The van der Waals surface area contributed by atoms with Crippen LogP contribution in [0.25, 0.3) is 0 Å². The summed E-state index contributed by atoms with van der Waals surface area (Å²) in [5.41, 5.74) is 6.31. The van der Waals surface area contributed by atoms with Crippen LogP contribution in [-0.4, -0.2) is 42.9 Å². The largest absolute Gasteiger partial charge is 0.395 e. The third kappa shape index (κ3) is 2.24. The summed E-state index contributed by atoms with van der Waals surface area (Å²) in [6.07, 6.45) is 2.38. The molecule has 1 aliphatic heterocycles. The Morgan fingerprint density at radius 1 is 1.43 bits per heavy atom. The molecule has 1 aromatic heterocycles. The SMILES string of the molecule is Nc1cnoc1CCN1CCOCC1. The number of hydrogen-bond donors (Lipinski definition) is 1. The second-order valence-corrected chi connectivity index (χ2v) is 3.41. The Bertz CT molecular complexity index is 281. The third-order valence-corrected chi connectivity index (χ3v) is 2.44. The fourth-order valence-electron chi connectivity index (χ4n) is 1.55. The molecular weight excluding hydrogens is 182 g/mol. The van der Waals surface area contributed by atoms with Gasteiger partial charge in [-0.05, 0) is 0 Å². The van der Waals surface area contributed by atoms with Crippen LogP contribution < -0.4 is 5.73 Å². The van der Waals surface area contributed by atoms with Gasteiger partial charge in [0.25, 0.3) is 0 Å². The summed E-state index contributed by atoms with van der Waals surface area (Å²) < 4.78 is 10.3. The molecule has 2 rings (SSSR count). The molecule has 0 radical (unpaired) electrons. The van der Waals surface area contributed by atoms with Gasteiger partial charge in [0.15, 0.2) is 5.76 Å². The van der Waals surface area contributed by atoms with Crippen LogP contribution in [0.1, 0.15) is 5.76 Å². The van der Waals surface area contributed by atoms with Crippen molar-refractivity contribution in [3.63, 3.8) is 0 Å². The van der Waals surface area contributed by atoms with Crippen LogP contribution in [0.5, 0.6) is 0 Å². The first-order chi connectivity index (χ1) is 6.86. The summed E-state index contributed by atoms with van der Waals surface area (Å²) in [6.45, 7) is 4.60. The lowest BCUT2D eigenvalue weighted by molar-refractivity contribution is 0.0377. The molecule has 0 amide bonds. The van der Waals surface area contributed by atoms with E-state index in [0.717, 1.165) is 45.0 Å². The van der Waals surface area contributed by atoms with Gasteiger partial charge in [0.2, 0.25) is 0 Å². The van der Waals surface area contributed by atoms with E-state index in [1.54, 1.807) is 6.20 Å². The van der Waals surface area contributed by atoms with Gasteiger partial charge in [-0.3, -0.25) is 4.90 Å². The maximum atomic E-state index is 5.66. The average molecular weight is 197 g/mol. The van der Waals surface area contributed by atoms with Crippen molar-refractivity contribution in [3.8, 4) is 0 Å². The molecule has 0 unspecified atom stereocenters. The van der Waals surface area contributed by atoms with Crippen molar-refractivity contribution in [1.82, 2.24) is 10.1 Å². The molecule has 2 heterocycles. The number of morpholine rings is 1. The third-order valence-electron chi connectivity index (χ3n) is 2.44. The van der Waals surface area contributed by atoms with Gasteiger partial charge in [0.05, 0.1) is 25.1 Å². The van der Waals surface area contributed by atoms with Crippen LogP contribution in [-0.2, 0) is 11.2 Å². The highest BCUT2D eigenvalue weighted by atomic mass is 16.5. The number of hydrogen-bond acceptors (Lipinski definition) is 5. The summed E-state index contributed by atoms with van der Waals surface area (Å²) in [6, 6.07) is 0. The normalized spacial score (nSPS) is 18.6. The van der Waals surface area contributed by atoms with Gasteiger partial charge in [0, 0.05) is 26.1 Å². The Hall–Kier alpha value is -1.07. The monoisotopic (exact) mass is 197 g/mol. The van der Waals surface area contributed by atoms with Crippen LogP contribution in [0.4, 0.5) is 5.69 Å². The Morgan fingerprint density at radius 2 is 2.21 bits per heavy atom. The summed E-state index contributed by atoms with van der Waals surface area (Å²) >= 11 is 0. The van der Waals surface area contributed by atoms with E-state index in [0.29, 0.717) is 5.69 Å². The number of nitrogens with two attached hydrogens (primary N) is 1. The van der Waals surface area contributed by atoms with Gasteiger partial charge < -0.3 is 15.0 Å². The fourth-order valence-corrected chi connectivity index (χ4v) is 1.55. The van der Waals surface area contributed by atoms with E-state index < -0.39 is 0 Å². The summed E-state index contributed by atoms with van der Waals surface area (Å²) in [5.74, 6) is 0.788. The maximum absolute atomic E-state index is 5.66. The summed E-state index contributed by atoms with van der Waals surface area (Å²) in [4.78, 5) is 2.34. The minimum atomic E-state index is 0.651. The molecule has 0 aromatic carbocycles. The number of aromatic nitrogens is 1. The van der Waals surface area contributed by atoms with Crippen molar-refractivity contribution in [1.29, 1.82) is 0 Å². The van der Waals surface area contributed by atoms with Crippen molar-refractivity contribution in [2.45, 2.75) is 6.42 Å². The van der Waals surface area contributed by atoms with E-state index in [-0.39, 0.29) is 0 Å². The zero-order chi connectivity index (χ0) is 9.80. The number of rotatable bonds is 3. The topological polar surface area (TPSA) is 64.5 Å². The minimum absolute atomic E-state index is 0.651. The standard InChI is InChI=1S/C9H15N3O2/c10-8-7-11-14-9(8)1-2-12-3-5-13-6-4-12/h7H,1-6,10H2. The minimum Gasteiger partial charge on any atom is -0.395 e. The molecule has 5 heteroatoms. The van der Waals surface area contributed by atoms with Gasteiger partial charge >= 0.3 is 0 Å². The van der Waals surface area contributed by atoms with Crippen molar-refractivity contribution in [2.75, 3.05) is 38.6 Å². The van der Waals surface area contributed by atoms with Crippen molar-refractivity contribution >= 4 is 5.69 Å². The van der Waals surface area contributed by atoms with Crippen LogP contribution in [0.3, 0.4) is 0 Å². The molecule has 5 nitrogen and oxygen atoms in total. The molecule has 78 valence electrons. The zero-order valence-electron chi connectivity index (χ0n) is 8.11. The Kier molecular flexibility index (Phi) is 3.00. The number of nitrogens with zero attached hydrogens (tertiary/aromatic N) is 2. The molecule has 0 aliphatic carbocycles. The number of anilines is 1. The van der Waals surface area contributed by atoms with E-state index in [4.69, 9.17) is 15.0 Å². The molecule has 0 bridgehead atoms. The molecule has 1 fully saturated rings. The number of ether oxygens (including phenoxy) is 1. The Balaban J connectivity index is 1.79. The molecule has 1 aliphatic rings. The molecule has 0 saturated carbocycles. The van der Waals surface area contributed by atoms with Crippen LogP contribution in [0, 0.1) is 0 Å². The number of nitrogen functional groups attached to an aromatic ring is 1. The lowest BCUT2D eigenvalue weighted by Gasteiger charge is -2.25. The van der Waals surface area contributed by atoms with E-state index in [1.165, 1.54) is 0 Å². The highest BCUT2D eigenvalue weighted by Gasteiger charge is 2.12. The van der Waals surface area contributed by atoms with Crippen molar-refractivity contribution in [2.24, 2.45) is 0 Å². The van der Waals surface area contributed by atoms with Gasteiger partial charge in [-0.1, -0.05) is 5.16 Å². The molecule has 2 N–H and O–H groups in total. The average Bonchev–Trinajstić information content (AvgIpc) is 2.63. The van der Waals surface area contributed by atoms with Gasteiger partial charge in [-0.2, -0.15) is 0 Å². The van der Waals surface area contributed by atoms with Gasteiger partial charge in [-0.15, -0.1) is 0 Å². The lowest BCUT2D eigenvalue weighted by Crippen LogP contribution is -2.37. The fraction of sp³-hybridized carbons (Fsp3) is 0.667. The lowest BCUT2D eigenvalue weighted by atomic mass is 10.2. The highest BCUT2D eigenvalue weighted by Crippen LogP contribution is 2.11. The first-order valence-corrected chi connectivity index (χ1v) is 4.85. The molecule has 0 spiro atoms. The molecule has 1 saturated heterocycles. The summed E-state index contributed by atoms with van der Waals surface area (Å²) in [7, 11) is 0. The van der Waals surface area contributed by atoms with Crippen LogP contribution in [0.15, 0.2) is 10.7 Å². The quantitative estimate of drug-likeness (QED) is 0.746. The van der Waals surface area contributed by atoms with E-state index in [1.807, 2.05) is 0 Å². The maximum Gasteiger partial charge on any atom is 0.160 e. The summed E-state index contributed by atoms with van der Waals surface area (Å²) in [5, 5.41) is 3.64. The zero-order valence-corrected chi connectivity index (χ0v) is 8.11. The van der Waals surface area contributed by atoms with Crippen LogP contribution in [0.2, 0.25) is 0 Å². The van der Waals surface area contributed by atoms with Gasteiger partial charge in [0.1, 0.15) is 0 Å². The van der Waals surface area contributed by atoms with Crippen LogP contribution >= 0.6 is 0 Å². The Labute approximate surface area is 82.8 Å². The first-order valence-electron chi connectivity index (χ1n) is 4.85. The Morgan fingerprint density at radius 3 is 2.86 bits per heavy atom. The van der Waals surface area contributed by atoms with Crippen molar-refractivity contribution < 1.29 is 9.26 Å². The molecule has 14 heavy (non-hydrogen) atoms. The van der Waals surface area contributed by atoms with Crippen molar-refractivity contribution in [3.05, 3.63) is 12.0 Å². The van der Waals surface area contributed by atoms with Gasteiger partial charge in [-0.25, -0.2) is 0 Å². The molecular formula is C9H15N3O2. The highest BCUT2D eigenvalue weighted by molar-refractivity contribution is 5.37. The second kappa shape index (κ2) is 4.43. The molecule has 0 atom stereocenters. The smallest absolute Gasteiger partial charge is 0.160 e. The van der Waals surface area contributed by atoms with E-state index in [2.05, 4.69) is 10.1 Å². The predicted molar refractivity (Wildman–Crippen MR) is 51.9 cm³/mol. The second-order valence-electron chi connectivity index (χ2n) is 3.41. The molecule has 1 aromatic rings. The van der Waals surface area contributed by atoms with E-state index in [9.17, 15) is 0 Å². The predicted octanol–water partition coefficient (Wildman–Crippen LogP) is 0.131. The first kappa shape index (κ1) is 9.48. The van der Waals surface area contributed by atoms with E-state index >= 15 is 0 Å².